The normalized spacial score (nSPS) is 11.0. The summed E-state index contributed by atoms with van der Waals surface area (Å²) in [6, 6.07) is 18.2. The number of carbonyl (C=O) groups is 2. The van der Waals surface area contributed by atoms with Crippen LogP contribution in [0.4, 0.5) is 0 Å². The number of benzene rings is 3. The predicted octanol–water partition coefficient (Wildman–Crippen LogP) is 4.78. The molecule has 140 valence electrons. The molecule has 4 aromatic rings. The number of ketones is 1. The SMILES string of the molecule is Cc1c(CC(=O)COc2ccc3oc4ccccc4c3c2)cccc1C(=O)O. The number of para-hydroxylation sites is 1. The largest absolute Gasteiger partial charge is 0.486 e. The van der Waals surface area contributed by atoms with E-state index >= 15 is 0 Å². The maximum Gasteiger partial charge on any atom is 0.335 e. The first-order chi connectivity index (χ1) is 13.5. The monoisotopic (exact) mass is 374 g/mol. The molecule has 0 unspecified atom stereocenters. The van der Waals surface area contributed by atoms with Crippen molar-refractivity contribution >= 4 is 33.7 Å². The van der Waals surface area contributed by atoms with E-state index in [2.05, 4.69) is 0 Å². The Morgan fingerprint density at radius 2 is 1.75 bits per heavy atom. The van der Waals surface area contributed by atoms with Crippen molar-refractivity contribution in [1.82, 2.24) is 0 Å². The van der Waals surface area contributed by atoms with Crippen molar-refractivity contribution in [3.63, 3.8) is 0 Å². The molecular formula is C23H18O5. The van der Waals surface area contributed by atoms with E-state index in [0.29, 0.717) is 16.9 Å². The van der Waals surface area contributed by atoms with Crippen molar-refractivity contribution in [2.45, 2.75) is 13.3 Å². The molecule has 0 aliphatic carbocycles. The Kier molecular flexibility index (Phi) is 4.57. The Morgan fingerprint density at radius 3 is 2.57 bits per heavy atom. The van der Waals surface area contributed by atoms with E-state index in [4.69, 9.17) is 9.15 Å². The fraction of sp³-hybridized carbons (Fsp3) is 0.130. The van der Waals surface area contributed by atoms with Crippen LogP contribution in [-0.2, 0) is 11.2 Å². The number of Topliss-reactive ketones (excluding diaryl/α,β-unsaturated/α-hetero) is 1. The van der Waals surface area contributed by atoms with Crippen LogP contribution in [-0.4, -0.2) is 23.5 Å². The number of hydrogen-bond acceptors (Lipinski definition) is 4. The average molecular weight is 374 g/mol. The number of carboxylic acid groups (broad SMARTS) is 1. The zero-order chi connectivity index (χ0) is 19.7. The quantitative estimate of drug-likeness (QED) is 0.525. The van der Waals surface area contributed by atoms with Crippen LogP contribution in [0.5, 0.6) is 5.75 Å². The van der Waals surface area contributed by atoms with Gasteiger partial charge in [0.1, 0.15) is 23.5 Å². The van der Waals surface area contributed by atoms with Gasteiger partial charge in [-0.1, -0.05) is 30.3 Å². The van der Waals surface area contributed by atoms with Crippen molar-refractivity contribution in [2.75, 3.05) is 6.61 Å². The molecule has 1 aromatic heterocycles. The third kappa shape index (κ3) is 3.34. The molecule has 4 rings (SSSR count). The van der Waals surface area contributed by atoms with Gasteiger partial charge in [-0.25, -0.2) is 4.79 Å². The maximum absolute atomic E-state index is 12.4. The second kappa shape index (κ2) is 7.19. The summed E-state index contributed by atoms with van der Waals surface area (Å²) < 4.78 is 11.5. The predicted molar refractivity (Wildman–Crippen MR) is 106 cm³/mol. The van der Waals surface area contributed by atoms with Gasteiger partial charge < -0.3 is 14.3 Å². The summed E-state index contributed by atoms with van der Waals surface area (Å²) in [6.07, 6.45) is 0.129. The lowest BCUT2D eigenvalue weighted by Crippen LogP contribution is -2.15. The minimum Gasteiger partial charge on any atom is -0.486 e. The molecule has 0 saturated heterocycles. The van der Waals surface area contributed by atoms with Gasteiger partial charge in [-0.15, -0.1) is 0 Å². The second-order valence-electron chi connectivity index (χ2n) is 6.66. The number of rotatable bonds is 6. The zero-order valence-electron chi connectivity index (χ0n) is 15.3. The first-order valence-corrected chi connectivity index (χ1v) is 8.90. The molecule has 0 spiro atoms. The van der Waals surface area contributed by atoms with Gasteiger partial charge in [0.2, 0.25) is 0 Å². The van der Waals surface area contributed by atoms with Crippen LogP contribution >= 0.6 is 0 Å². The van der Waals surface area contributed by atoms with Gasteiger partial charge in [0.25, 0.3) is 0 Å². The minimum absolute atomic E-state index is 0.0853. The first-order valence-electron chi connectivity index (χ1n) is 8.90. The Balaban J connectivity index is 1.49. The molecule has 0 fully saturated rings. The smallest absolute Gasteiger partial charge is 0.335 e. The molecule has 0 radical (unpaired) electrons. The van der Waals surface area contributed by atoms with Crippen molar-refractivity contribution in [1.29, 1.82) is 0 Å². The Labute approximate surface area is 161 Å². The first kappa shape index (κ1) is 17.8. The third-order valence-electron chi connectivity index (χ3n) is 4.81. The van der Waals surface area contributed by atoms with E-state index < -0.39 is 5.97 Å². The maximum atomic E-state index is 12.4. The number of fused-ring (bicyclic) bond motifs is 3. The summed E-state index contributed by atoms with van der Waals surface area (Å²) in [5.41, 5.74) is 3.09. The highest BCUT2D eigenvalue weighted by Crippen LogP contribution is 2.31. The van der Waals surface area contributed by atoms with E-state index in [1.807, 2.05) is 36.4 Å². The van der Waals surface area contributed by atoms with Crippen LogP contribution in [0.25, 0.3) is 21.9 Å². The fourth-order valence-corrected chi connectivity index (χ4v) is 3.33. The van der Waals surface area contributed by atoms with Crippen LogP contribution in [0.1, 0.15) is 21.5 Å². The van der Waals surface area contributed by atoms with Gasteiger partial charge in [-0.3, -0.25) is 4.79 Å². The van der Waals surface area contributed by atoms with Gasteiger partial charge in [0.05, 0.1) is 5.56 Å². The number of carbonyl (C=O) groups excluding carboxylic acids is 1. The molecular weight excluding hydrogens is 356 g/mol. The highest BCUT2D eigenvalue weighted by molar-refractivity contribution is 6.05. The zero-order valence-corrected chi connectivity index (χ0v) is 15.3. The van der Waals surface area contributed by atoms with Crippen LogP contribution in [0.15, 0.2) is 65.1 Å². The molecule has 28 heavy (non-hydrogen) atoms. The molecule has 0 saturated carbocycles. The molecule has 0 aliphatic heterocycles. The van der Waals surface area contributed by atoms with Gasteiger partial charge >= 0.3 is 5.97 Å². The average Bonchev–Trinajstić information content (AvgIpc) is 3.06. The number of hydrogen-bond donors (Lipinski definition) is 1. The third-order valence-corrected chi connectivity index (χ3v) is 4.81. The fourth-order valence-electron chi connectivity index (χ4n) is 3.33. The van der Waals surface area contributed by atoms with Crippen molar-refractivity contribution in [3.05, 3.63) is 77.4 Å². The van der Waals surface area contributed by atoms with Gasteiger partial charge in [0, 0.05) is 17.2 Å². The van der Waals surface area contributed by atoms with Gasteiger partial charge in [-0.05, 0) is 48.4 Å². The summed E-state index contributed by atoms with van der Waals surface area (Å²) in [6.45, 7) is 1.63. The van der Waals surface area contributed by atoms with Crippen LogP contribution in [0, 0.1) is 6.92 Å². The standard InChI is InChI=1S/C23H18O5/c1-14-15(5-4-7-18(14)23(25)26)11-16(24)13-27-17-9-10-22-20(12-17)19-6-2-3-8-21(19)28-22/h2-10,12H,11,13H2,1H3,(H,25,26). The van der Waals surface area contributed by atoms with E-state index in [-0.39, 0.29) is 24.4 Å². The number of carboxylic acids is 1. The summed E-state index contributed by atoms with van der Waals surface area (Å²) in [7, 11) is 0. The topological polar surface area (TPSA) is 76.7 Å². The van der Waals surface area contributed by atoms with Crippen LogP contribution in [0.3, 0.4) is 0 Å². The lowest BCUT2D eigenvalue weighted by atomic mass is 9.98. The summed E-state index contributed by atoms with van der Waals surface area (Å²) in [5, 5.41) is 11.1. The van der Waals surface area contributed by atoms with E-state index in [9.17, 15) is 14.7 Å². The Morgan fingerprint density at radius 1 is 0.964 bits per heavy atom. The minimum atomic E-state index is -0.997. The van der Waals surface area contributed by atoms with Crippen molar-refractivity contribution in [2.24, 2.45) is 0 Å². The molecule has 5 nitrogen and oxygen atoms in total. The molecule has 0 atom stereocenters. The Bertz CT molecular complexity index is 1200. The van der Waals surface area contributed by atoms with Crippen LogP contribution in [0.2, 0.25) is 0 Å². The highest BCUT2D eigenvalue weighted by atomic mass is 16.5. The summed E-state index contributed by atoms with van der Waals surface area (Å²) in [4.78, 5) is 23.6. The van der Waals surface area contributed by atoms with Crippen molar-refractivity contribution in [3.8, 4) is 5.75 Å². The van der Waals surface area contributed by atoms with Gasteiger partial charge in [-0.2, -0.15) is 0 Å². The second-order valence-corrected chi connectivity index (χ2v) is 6.66. The molecule has 0 aliphatic rings. The lowest BCUT2D eigenvalue weighted by Gasteiger charge is -2.09. The van der Waals surface area contributed by atoms with Gasteiger partial charge in [0.15, 0.2) is 5.78 Å². The number of aromatic carboxylic acids is 1. The number of ether oxygens (including phenoxy) is 1. The van der Waals surface area contributed by atoms with E-state index in [1.165, 1.54) is 6.07 Å². The molecule has 1 N–H and O–H groups in total. The van der Waals surface area contributed by atoms with E-state index in [1.54, 1.807) is 25.1 Å². The molecule has 1 heterocycles. The molecule has 3 aromatic carbocycles. The molecule has 5 heteroatoms. The van der Waals surface area contributed by atoms with E-state index in [0.717, 1.165) is 21.9 Å². The molecule has 0 bridgehead atoms. The summed E-state index contributed by atoms with van der Waals surface area (Å²) in [5.74, 6) is -0.533. The lowest BCUT2D eigenvalue weighted by molar-refractivity contribution is -0.120. The molecule has 0 amide bonds. The highest BCUT2D eigenvalue weighted by Gasteiger charge is 2.14. The summed E-state index contributed by atoms with van der Waals surface area (Å²) >= 11 is 0. The number of furan rings is 1. The van der Waals surface area contributed by atoms with Crippen LogP contribution < -0.4 is 4.74 Å². The Hall–Kier alpha value is -3.60. The van der Waals surface area contributed by atoms with Crippen molar-refractivity contribution < 1.29 is 23.8 Å².